The average molecular weight is 572 g/mol. The number of aliphatic hydroxyl groups is 1. The van der Waals surface area contributed by atoms with Crippen LogP contribution in [0.3, 0.4) is 0 Å². The first kappa shape index (κ1) is 30.6. The summed E-state index contributed by atoms with van der Waals surface area (Å²) in [6.07, 6.45) is -1.28. The minimum absolute atomic E-state index is 0.209. The number of alkyl halides is 3. The van der Waals surface area contributed by atoms with E-state index < -0.39 is 17.8 Å². The van der Waals surface area contributed by atoms with E-state index in [1.54, 1.807) is 24.5 Å². The van der Waals surface area contributed by atoms with Crippen LogP contribution < -0.4 is 0 Å². The van der Waals surface area contributed by atoms with E-state index >= 15 is 0 Å². The van der Waals surface area contributed by atoms with Gasteiger partial charge in [0.05, 0.1) is 6.61 Å². The van der Waals surface area contributed by atoms with E-state index in [-0.39, 0.29) is 18.1 Å². The molecule has 3 aromatic rings. The predicted octanol–water partition coefficient (Wildman–Crippen LogP) is 4.78. The van der Waals surface area contributed by atoms with Gasteiger partial charge in [0.15, 0.2) is 5.60 Å². The number of pyridine rings is 1. The molecule has 10 heteroatoms. The van der Waals surface area contributed by atoms with Crippen LogP contribution in [0.2, 0.25) is 0 Å². The van der Waals surface area contributed by atoms with Crippen LogP contribution in [0, 0.1) is 0 Å². The van der Waals surface area contributed by atoms with Crippen molar-refractivity contribution in [2.45, 2.75) is 44.8 Å². The molecule has 1 aliphatic rings. The fraction of sp³-hybridized carbons (Fsp3) is 0.419. The number of benzene rings is 2. The van der Waals surface area contributed by atoms with Crippen molar-refractivity contribution < 1.29 is 32.5 Å². The number of carbonyl (C=O) groups excluding carboxylic acids is 1. The fourth-order valence-corrected chi connectivity index (χ4v) is 4.81. The molecule has 0 aliphatic carbocycles. The zero-order valence-electron chi connectivity index (χ0n) is 23.3. The molecule has 0 saturated carbocycles. The van der Waals surface area contributed by atoms with Gasteiger partial charge in [-0.05, 0) is 53.8 Å². The monoisotopic (exact) mass is 571 g/mol. The lowest BCUT2D eigenvalue weighted by Gasteiger charge is -2.40. The van der Waals surface area contributed by atoms with Crippen molar-refractivity contribution in [3.63, 3.8) is 0 Å². The highest BCUT2D eigenvalue weighted by Gasteiger charge is 2.51. The van der Waals surface area contributed by atoms with Crippen LogP contribution in [0.15, 0.2) is 73.1 Å². The first-order chi connectivity index (χ1) is 19.6. The maximum atomic E-state index is 13.2. The summed E-state index contributed by atoms with van der Waals surface area (Å²) in [4.78, 5) is 21.5. The van der Waals surface area contributed by atoms with Gasteiger partial charge in [0.25, 0.3) is 0 Å². The Hall–Kier alpha value is -3.31. The molecular weight excluding hydrogens is 535 g/mol. The second kappa shape index (κ2) is 13.6. The number of carbonyl (C=O) groups is 1. The van der Waals surface area contributed by atoms with Crippen molar-refractivity contribution in [1.82, 2.24) is 14.8 Å². The summed E-state index contributed by atoms with van der Waals surface area (Å²) in [5.74, 6) is -0.272. The van der Waals surface area contributed by atoms with E-state index in [2.05, 4.69) is 14.8 Å². The van der Waals surface area contributed by atoms with Gasteiger partial charge in [0.2, 0.25) is 0 Å². The van der Waals surface area contributed by atoms with E-state index in [9.17, 15) is 23.1 Å². The van der Waals surface area contributed by atoms with Gasteiger partial charge in [-0.25, -0.2) is 0 Å². The summed E-state index contributed by atoms with van der Waals surface area (Å²) in [5.41, 5.74) is 0.607. The zero-order valence-corrected chi connectivity index (χ0v) is 23.3. The van der Waals surface area contributed by atoms with Crippen LogP contribution in [-0.4, -0.2) is 77.5 Å². The first-order valence-corrected chi connectivity index (χ1v) is 13.7. The predicted molar refractivity (Wildman–Crippen MR) is 149 cm³/mol. The zero-order chi connectivity index (χ0) is 29.5. The molecule has 1 saturated heterocycles. The lowest BCUT2D eigenvalue weighted by atomic mass is 9.93. The Morgan fingerprint density at radius 2 is 1.54 bits per heavy atom. The maximum Gasteiger partial charge on any atom is 0.421 e. The summed E-state index contributed by atoms with van der Waals surface area (Å²) in [6, 6.07) is 17.0. The molecule has 1 N–H and O–H groups in total. The lowest BCUT2D eigenvalue weighted by Crippen LogP contribution is -2.56. The van der Waals surface area contributed by atoms with E-state index in [0.717, 1.165) is 35.7 Å². The van der Waals surface area contributed by atoms with E-state index in [1.807, 2.05) is 43.3 Å². The Labute approximate surface area is 238 Å². The topological polar surface area (TPSA) is 75.1 Å². The molecule has 1 aromatic heterocycles. The Kier molecular flexibility index (Phi) is 10.1. The average Bonchev–Trinajstić information content (AvgIpc) is 2.96. The van der Waals surface area contributed by atoms with E-state index in [0.29, 0.717) is 39.4 Å². The van der Waals surface area contributed by atoms with Gasteiger partial charge in [-0.1, -0.05) is 48.5 Å². The summed E-state index contributed by atoms with van der Waals surface area (Å²) >= 11 is 0. The first-order valence-electron chi connectivity index (χ1n) is 13.7. The molecule has 2 aromatic carbocycles. The molecule has 2 atom stereocenters. The van der Waals surface area contributed by atoms with Crippen molar-refractivity contribution in [3.8, 4) is 11.1 Å². The summed E-state index contributed by atoms with van der Waals surface area (Å²) < 4.78 is 50.3. The van der Waals surface area contributed by atoms with Crippen LogP contribution in [0.4, 0.5) is 13.2 Å². The molecule has 1 fully saturated rings. The molecule has 1 aliphatic heterocycles. The second-order valence-corrected chi connectivity index (χ2v) is 10.3. The van der Waals surface area contributed by atoms with Gasteiger partial charge in [-0.3, -0.25) is 19.6 Å². The number of esters is 1. The van der Waals surface area contributed by atoms with Crippen LogP contribution >= 0.6 is 0 Å². The highest BCUT2D eigenvalue weighted by Crippen LogP contribution is 2.39. The molecule has 7 nitrogen and oxygen atoms in total. The van der Waals surface area contributed by atoms with Crippen LogP contribution in [-0.2, 0) is 33.0 Å². The number of hydrogen-bond donors (Lipinski definition) is 1. The summed E-state index contributed by atoms with van der Waals surface area (Å²) in [6.45, 7) is 7.02. The van der Waals surface area contributed by atoms with Crippen molar-refractivity contribution in [1.29, 1.82) is 0 Å². The minimum Gasteiger partial charge on any atom is -0.462 e. The van der Waals surface area contributed by atoms with Crippen molar-refractivity contribution in [2.75, 3.05) is 39.5 Å². The SMILES string of the molecule is CCOCCOC(=O)[C@@H]1CN(Cc2ccc(-c3ccc(C(C)(O)C(F)(F)F)cc3)cc2)CCN1Cc1ccncc1. The second-order valence-electron chi connectivity index (χ2n) is 10.3. The molecule has 2 heterocycles. The molecule has 0 radical (unpaired) electrons. The van der Waals surface area contributed by atoms with Gasteiger partial charge in [0.1, 0.15) is 12.6 Å². The van der Waals surface area contributed by atoms with Crippen LogP contribution in [0.5, 0.6) is 0 Å². The maximum absolute atomic E-state index is 13.2. The standard InChI is InChI=1S/C31H36F3N3O4/c1-3-40-18-19-41-29(38)28-22-36(16-17-37(28)21-24-12-14-35-15-13-24)20-23-4-6-25(7-5-23)26-8-10-27(11-9-26)30(2,39)31(32,33)34/h4-15,28,39H,3,16-22H2,1-2H3/t28-,30?/m0/s1. The van der Waals surface area contributed by atoms with Gasteiger partial charge in [0, 0.05) is 51.7 Å². The van der Waals surface area contributed by atoms with Crippen molar-refractivity contribution in [2.24, 2.45) is 0 Å². The molecular formula is C31H36F3N3O4. The normalized spacial score (nSPS) is 18.1. The number of halogens is 3. The molecule has 220 valence electrons. The highest BCUT2D eigenvalue weighted by molar-refractivity contribution is 5.76. The number of aromatic nitrogens is 1. The smallest absolute Gasteiger partial charge is 0.421 e. The number of rotatable bonds is 11. The van der Waals surface area contributed by atoms with Gasteiger partial charge < -0.3 is 14.6 Å². The van der Waals surface area contributed by atoms with Gasteiger partial charge in [-0.15, -0.1) is 0 Å². The van der Waals surface area contributed by atoms with Crippen LogP contribution in [0.25, 0.3) is 11.1 Å². The highest BCUT2D eigenvalue weighted by atomic mass is 19.4. The molecule has 1 unspecified atom stereocenters. The number of nitrogens with zero attached hydrogens (tertiary/aromatic N) is 3. The van der Waals surface area contributed by atoms with Crippen LogP contribution in [0.1, 0.15) is 30.5 Å². The number of piperazine rings is 1. The van der Waals surface area contributed by atoms with E-state index in [1.165, 1.54) is 12.1 Å². The largest absolute Gasteiger partial charge is 0.462 e. The van der Waals surface area contributed by atoms with Crippen molar-refractivity contribution in [3.05, 3.63) is 89.7 Å². The molecule has 4 rings (SSSR count). The number of hydrogen-bond acceptors (Lipinski definition) is 7. The van der Waals surface area contributed by atoms with E-state index in [4.69, 9.17) is 9.47 Å². The van der Waals surface area contributed by atoms with Crippen molar-refractivity contribution >= 4 is 5.97 Å². The Bertz CT molecular complexity index is 1250. The van der Waals surface area contributed by atoms with Gasteiger partial charge >= 0.3 is 12.1 Å². The molecule has 41 heavy (non-hydrogen) atoms. The Morgan fingerprint density at radius 1 is 0.927 bits per heavy atom. The minimum atomic E-state index is -4.76. The molecule has 0 bridgehead atoms. The fourth-order valence-electron chi connectivity index (χ4n) is 4.81. The summed E-state index contributed by atoms with van der Waals surface area (Å²) in [7, 11) is 0. The third-order valence-electron chi connectivity index (χ3n) is 7.35. The Balaban J connectivity index is 1.40. The van der Waals surface area contributed by atoms with Gasteiger partial charge in [-0.2, -0.15) is 13.2 Å². The quantitative estimate of drug-likeness (QED) is 0.262. The third-order valence-corrected chi connectivity index (χ3v) is 7.35. The lowest BCUT2D eigenvalue weighted by molar-refractivity contribution is -0.258. The summed E-state index contributed by atoms with van der Waals surface area (Å²) in [5, 5.41) is 9.91. The third kappa shape index (κ3) is 7.91. The number of ether oxygens (including phenoxy) is 2. The Morgan fingerprint density at radius 3 is 2.15 bits per heavy atom. The molecule has 0 spiro atoms. The molecule has 0 amide bonds.